The van der Waals surface area contributed by atoms with E-state index in [1.807, 2.05) is 18.2 Å². The molecule has 166 valence electrons. The fraction of sp³-hybridized carbons (Fsp3) is 0.261. The van der Waals surface area contributed by atoms with E-state index in [4.69, 9.17) is 16.3 Å². The Kier molecular flexibility index (Phi) is 6.61. The monoisotopic (exact) mass is 453 g/mol. The molecule has 0 saturated carbocycles. The second kappa shape index (κ2) is 9.74. The summed E-state index contributed by atoms with van der Waals surface area (Å²) in [6, 6.07) is 15.4. The van der Waals surface area contributed by atoms with Crippen molar-refractivity contribution in [3.8, 4) is 5.75 Å². The molecule has 32 heavy (non-hydrogen) atoms. The van der Waals surface area contributed by atoms with Crippen LogP contribution in [-0.2, 0) is 0 Å². The minimum Gasteiger partial charge on any atom is -0.495 e. The highest BCUT2D eigenvalue weighted by Gasteiger charge is 2.33. The van der Waals surface area contributed by atoms with Crippen LogP contribution in [0.3, 0.4) is 0 Å². The Morgan fingerprint density at radius 3 is 2.69 bits per heavy atom. The number of nitrogens with one attached hydrogen (secondary N) is 3. The Morgan fingerprint density at radius 1 is 1.19 bits per heavy atom. The van der Waals surface area contributed by atoms with Crippen molar-refractivity contribution in [3.63, 3.8) is 0 Å². The lowest BCUT2D eigenvalue weighted by Gasteiger charge is -2.39. The van der Waals surface area contributed by atoms with Gasteiger partial charge in [-0.2, -0.15) is 0 Å². The first-order chi connectivity index (χ1) is 15.5. The molecule has 1 aromatic carbocycles. The highest BCUT2D eigenvalue weighted by atomic mass is 35.5. The zero-order chi connectivity index (χ0) is 22.5. The molecule has 1 fully saturated rings. The first-order valence-electron chi connectivity index (χ1n) is 10.3. The first-order valence-corrected chi connectivity index (χ1v) is 10.7. The molecule has 0 spiro atoms. The van der Waals surface area contributed by atoms with Crippen LogP contribution in [0.15, 0.2) is 65.6 Å². The van der Waals surface area contributed by atoms with Gasteiger partial charge in [0.05, 0.1) is 13.3 Å². The van der Waals surface area contributed by atoms with E-state index < -0.39 is 0 Å². The van der Waals surface area contributed by atoms with Gasteiger partial charge in [-0.1, -0.05) is 17.7 Å². The number of aromatic amines is 1. The molecular formula is C23H24ClN5O3. The van der Waals surface area contributed by atoms with Crippen molar-refractivity contribution in [2.75, 3.05) is 30.4 Å². The second-order valence-corrected chi connectivity index (χ2v) is 8.01. The molecule has 9 heteroatoms. The van der Waals surface area contributed by atoms with E-state index >= 15 is 0 Å². The summed E-state index contributed by atoms with van der Waals surface area (Å²) in [6.45, 7) is 1.27. The number of carbonyl (C=O) groups excluding carboxylic acids is 1. The summed E-state index contributed by atoms with van der Waals surface area (Å²) < 4.78 is 5.22. The number of H-pyrrole nitrogens is 1. The lowest BCUT2D eigenvalue weighted by Crippen LogP contribution is -2.51. The van der Waals surface area contributed by atoms with Gasteiger partial charge in [0.15, 0.2) is 0 Å². The quantitative estimate of drug-likeness (QED) is 0.548. The third-order valence-corrected chi connectivity index (χ3v) is 5.75. The van der Waals surface area contributed by atoms with E-state index in [2.05, 4.69) is 25.5 Å². The number of amides is 2. The predicted molar refractivity (Wildman–Crippen MR) is 125 cm³/mol. The molecular weight excluding hydrogens is 430 g/mol. The van der Waals surface area contributed by atoms with Crippen LogP contribution < -0.4 is 25.8 Å². The summed E-state index contributed by atoms with van der Waals surface area (Å²) in [4.78, 5) is 34.0. The van der Waals surface area contributed by atoms with Crippen LogP contribution in [0.5, 0.6) is 5.75 Å². The molecule has 2 amide bonds. The maximum Gasteiger partial charge on any atom is 0.319 e. The molecule has 1 saturated heterocycles. The van der Waals surface area contributed by atoms with Crippen LogP contribution in [0.2, 0.25) is 5.02 Å². The Morgan fingerprint density at radius 2 is 2.00 bits per heavy atom. The Balaban J connectivity index is 1.53. The summed E-state index contributed by atoms with van der Waals surface area (Å²) >= 11 is 5.92. The smallest absolute Gasteiger partial charge is 0.319 e. The maximum absolute atomic E-state index is 12.7. The number of methoxy groups -OCH3 is 1. The molecule has 3 heterocycles. The number of nitrogens with zero attached hydrogens (tertiary/aromatic N) is 2. The summed E-state index contributed by atoms with van der Waals surface area (Å²) in [5, 5.41) is 6.54. The Hall–Kier alpha value is -3.52. The fourth-order valence-electron chi connectivity index (χ4n) is 3.86. The molecule has 8 nitrogen and oxygen atoms in total. The van der Waals surface area contributed by atoms with Crippen molar-refractivity contribution < 1.29 is 9.53 Å². The van der Waals surface area contributed by atoms with Gasteiger partial charge >= 0.3 is 6.03 Å². The summed E-state index contributed by atoms with van der Waals surface area (Å²) in [5.74, 6) is 1.33. The number of ether oxygens (including phenoxy) is 1. The van der Waals surface area contributed by atoms with E-state index in [1.165, 1.54) is 6.07 Å². The van der Waals surface area contributed by atoms with Gasteiger partial charge in [-0.05, 0) is 48.9 Å². The first kappa shape index (κ1) is 21.7. The molecule has 1 aliphatic heterocycles. The third kappa shape index (κ3) is 5.20. The van der Waals surface area contributed by atoms with E-state index in [-0.39, 0.29) is 23.6 Å². The number of anilines is 2. The number of benzene rings is 1. The molecule has 2 unspecified atom stereocenters. The number of urea groups is 1. The highest BCUT2D eigenvalue weighted by molar-refractivity contribution is 6.30. The van der Waals surface area contributed by atoms with E-state index in [1.54, 1.807) is 43.6 Å². The molecule has 1 aliphatic rings. The van der Waals surface area contributed by atoms with Crippen LogP contribution in [0, 0.1) is 0 Å². The molecule has 3 aromatic rings. The van der Waals surface area contributed by atoms with Crippen molar-refractivity contribution in [1.82, 2.24) is 15.3 Å². The zero-order valence-electron chi connectivity index (χ0n) is 17.5. The molecule has 0 radical (unpaired) electrons. The van der Waals surface area contributed by atoms with Gasteiger partial charge in [0.2, 0.25) is 5.56 Å². The normalized spacial score (nSPS) is 18.1. The lowest BCUT2D eigenvalue weighted by molar-refractivity contribution is 0.243. The zero-order valence-corrected chi connectivity index (χ0v) is 18.3. The standard InChI is InChI=1S/C23H24ClN5O3/c1-32-17-9-10-19(25-13-17)18-14-29(21-3-2-4-22(30)28-21)12-11-20(18)27-23(31)26-16-7-5-15(24)6-8-16/h2-10,13,18,20H,11-12,14H2,1H3,(H,28,30)(H2,26,27,31). The van der Waals surface area contributed by atoms with Crippen LogP contribution >= 0.6 is 11.6 Å². The van der Waals surface area contributed by atoms with Crippen molar-refractivity contribution in [1.29, 1.82) is 0 Å². The van der Waals surface area contributed by atoms with Gasteiger partial charge in [0.1, 0.15) is 11.6 Å². The highest BCUT2D eigenvalue weighted by Crippen LogP contribution is 2.29. The number of hydrogen-bond donors (Lipinski definition) is 3. The van der Waals surface area contributed by atoms with Gasteiger partial charge in [-0.3, -0.25) is 9.78 Å². The van der Waals surface area contributed by atoms with Crippen LogP contribution in [-0.4, -0.2) is 42.2 Å². The number of halogens is 1. The van der Waals surface area contributed by atoms with E-state index in [0.717, 1.165) is 11.5 Å². The van der Waals surface area contributed by atoms with Gasteiger partial charge in [-0.25, -0.2) is 4.79 Å². The lowest BCUT2D eigenvalue weighted by atomic mass is 9.88. The predicted octanol–water partition coefficient (Wildman–Crippen LogP) is 3.62. The van der Waals surface area contributed by atoms with Gasteiger partial charge < -0.3 is 25.3 Å². The number of rotatable bonds is 5. The molecule has 3 N–H and O–H groups in total. The minimum atomic E-state index is -0.294. The average Bonchev–Trinajstić information content (AvgIpc) is 2.81. The second-order valence-electron chi connectivity index (χ2n) is 7.58. The summed E-state index contributed by atoms with van der Waals surface area (Å²) in [5.41, 5.74) is 1.35. The minimum absolute atomic E-state index is 0.0886. The molecule has 0 bridgehead atoms. The topological polar surface area (TPSA) is 99.4 Å². The maximum atomic E-state index is 12.7. The van der Waals surface area contributed by atoms with Crippen molar-refractivity contribution in [2.24, 2.45) is 0 Å². The van der Waals surface area contributed by atoms with E-state index in [0.29, 0.717) is 36.0 Å². The SMILES string of the molecule is COc1ccc(C2CN(c3cccc(=O)[nH]3)CCC2NC(=O)Nc2ccc(Cl)cc2)nc1. The van der Waals surface area contributed by atoms with Crippen molar-refractivity contribution in [3.05, 3.63) is 81.9 Å². The summed E-state index contributed by atoms with van der Waals surface area (Å²) in [6.07, 6.45) is 2.35. The number of piperidine rings is 1. The van der Waals surface area contributed by atoms with E-state index in [9.17, 15) is 9.59 Å². The number of hydrogen-bond acceptors (Lipinski definition) is 5. The largest absolute Gasteiger partial charge is 0.495 e. The summed E-state index contributed by atoms with van der Waals surface area (Å²) in [7, 11) is 1.59. The van der Waals surface area contributed by atoms with Gasteiger partial charge in [0.25, 0.3) is 0 Å². The van der Waals surface area contributed by atoms with Gasteiger partial charge in [-0.15, -0.1) is 0 Å². The molecule has 4 rings (SSSR count). The fourth-order valence-corrected chi connectivity index (χ4v) is 3.99. The van der Waals surface area contributed by atoms with Crippen LogP contribution in [0.1, 0.15) is 18.0 Å². The Bertz CT molecular complexity index is 1120. The molecule has 2 atom stereocenters. The Labute approximate surface area is 190 Å². The van der Waals surface area contributed by atoms with Gasteiger partial charge in [0, 0.05) is 47.5 Å². The number of pyridine rings is 2. The van der Waals surface area contributed by atoms with Crippen molar-refractivity contribution in [2.45, 2.75) is 18.4 Å². The number of aromatic nitrogens is 2. The molecule has 0 aliphatic carbocycles. The van der Waals surface area contributed by atoms with Crippen LogP contribution in [0.4, 0.5) is 16.3 Å². The van der Waals surface area contributed by atoms with Crippen molar-refractivity contribution >= 4 is 29.1 Å². The average molecular weight is 454 g/mol. The third-order valence-electron chi connectivity index (χ3n) is 5.50. The number of carbonyl (C=O) groups is 1. The van der Waals surface area contributed by atoms with Crippen LogP contribution in [0.25, 0.3) is 0 Å². The molecule has 2 aromatic heterocycles.